The molecule has 0 aliphatic heterocycles. The Hall–Kier alpha value is -2.97. The lowest BCUT2D eigenvalue weighted by atomic mass is 10.1. The molecule has 2 aromatic rings. The lowest BCUT2D eigenvalue weighted by Gasteiger charge is -2.10. The van der Waals surface area contributed by atoms with Crippen LogP contribution >= 0.6 is 0 Å². The van der Waals surface area contributed by atoms with Gasteiger partial charge in [0.1, 0.15) is 0 Å². The second-order valence-electron chi connectivity index (χ2n) is 6.11. The van der Waals surface area contributed by atoms with Gasteiger partial charge in [-0.25, -0.2) is 17.9 Å². The van der Waals surface area contributed by atoms with Crippen LogP contribution < -0.4 is 10.0 Å². The number of nitrogens with one attached hydrogen (secondary N) is 2. The second-order valence-corrected chi connectivity index (χ2v) is 7.88. The van der Waals surface area contributed by atoms with Gasteiger partial charge in [-0.2, -0.15) is 0 Å². The van der Waals surface area contributed by atoms with E-state index in [0.29, 0.717) is 5.69 Å². The van der Waals surface area contributed by atoms with E-state index < -0.39 is 28.5 Å². The number of esters is 1. The van der Waals surface area contributed by atoms with Crippen LogP contribution in [0.5, 0.6) is 0 Å². The number of hydrogen-bond acceptors (Lipinski definition) is 5. The van der Waals surface area contributed by atoms with Crippen molar-refractivity contribution in [3.05, 3.63) is 71.8 Å². The van der Waals surface area contributed by atoms with Crippen molar-refractivity contribution in [1.82, 2.24) is 4.72 Å². The zero-order valence-corrected chi connectivity index (χ0v) is 16.5. The third-order valence-corrected chi connectivity index (χ3v) is 5.22. The maximum atomic E-state index is 12.2. The third-order valence-electron chi connectivity index (χ3n) is 3.80. The highest BCUT2D eigenvalue weighted by Crippen LogP contribution is 2.16. The van der Waals surface area contributed by atoms with Gasteiger partial charge in [-0.1, -0.05) is 24.3 Å². The van der Waals surface area contributed by atoms with Crippen LogP contribution in [0.2, 0.25) is 0 Å². The first kappa shape index (κ1) is 21.3. The van der Waals surface area contributed by atoms with Gasteiger partial charge in [0.2, 0.25) is 10.0 Å². The summed E-state index contributed by atoms with van der Waals surface area (Å²) in [6.07, 6.45) is 1.41. The number of sulfonamides is 1. The normalized spacial score (nSPS) is 10.9. The average Bonchev–Trinajstić information content (AvgIpc) is 2.67. The van der Waals surface area contributed by atoms with E-state index in [1.165, 1.54) is 30.3 Å². The summed E-state index contributed by atoms with van der Waals surface area (Å²) in [6.45, 7) is 6.78. The second kappa shape index (κ2) is 9.29. The minimum atomic E-state index is -3.77. The van der Waals surface area contributed by atoms with Crippen LogP contribution in [0, 0.1) is 13.8 Å². The van der Waals surface area contributed by atoms with E-state index in [1.54, 1.807) is 0 Å². The van der Waals surface area contributed by atoms with Crippen molar-refractivity contribution >= 4 is 27.6 Å². The summed E-state index contributed by atoms with van der Waals surface area (Å²) in [6, 6.07) is 11.0. The zero-order chi connectivity index (χ0) is 20.7. The van der Waals surface area contributed by atoms with Gasteiger partial charge in [0.05, 0.1) is 10.5 Å². The molecule has 2 aromatic carbocycles. The molecule has 148 valence electrons. The summed E-state index contributed by atoms with van der Waals surface area (Å²) < 4.78 is 31.6. The van der Waals surface area contributed by atoms with Crippen molar-refractivity contribution in [1.29, 1.82) is 0 Å². The van der Waals surface area contributed by atoms with Crippen molar-refractivity contribution in [2.24, 2.45) is 0 Å². The molecule has 7 nitrogen and oxygen atoms in total. The van der Waals surface area contributed by atoms with Crippen LogP contribution in [0.25, 0.3) is 0 Å². The molecule has 28 heavy (non-hydrogen) atoms. The van der Waals surface area contributed by atoms with Crippen molar-refractivity contribution in [2.45, 2.75) is 18.7 Å². The molecule has 2 rings (SSSR count). The quantitative estimate of drug-likeness (QED) is 0.522. The van der Waals surface area contributed by atoms with Gasteiger partial charge in [0.25, 0.3) is 5.91 Å². The molecule has 0 saturated carbocycles. The van der Waals surface area contributed by atoms with E-state index >= 15 is 0 Å². The summed E-state index contributed by atoms with van der Waals surface area (Å²) >= 11 is 0. The fraction of sp³-hybridized carbons (Fsp3) is 0.200. The maximum Gasteiger partial charge on any atom is 0.338 e. The topological polar surface area (TPSA) is 102 Å². The number of anilines is 1. The molecule has 1 amide bonds. The predicted octanol–water partition coefficient (Wildman–Crippen LogP) is 2.56. The van der Waals surface area contributed by atoms with Crippen LogP contribution in [-0.2, 0) is 19.6 Å². The Bertz CT molecular complexity index is 999. The fourth-order valence-corrected chi connectivity index (χ4v) is 3.36. The zero-order valence-electron chi connectivity index (χ0n) is 15.7. The van der Waals surface area contributed by atoms with E-state index in [0.717, 1.165) is 11.1 Å². The van der Waals surface area contributed by atoms with Crippen molar-refractivity contribution < 1.29 is 22.7 Å². The van der Waals surface area contributed by atoms with Gasteiger partial charge in [0.15, 0.2) is 6.61 Å². The molecular weight excluding hydrogens is 380 g/mol. The Labute approximate surface area is 164 Å². The Morgan fingerprint density at radius 2 is 1.89 bits per heavy atom. The van der Waals surface area contributed by atoms with Crippen molar-refractivity contribution in [2.75, 3.05) is 18.5 Å². The molecule has 0 aliphatic rings. The number of carbonyl (C=O) groups is 2. The van der Waals surface area contributed by atoms with Crippen LogP contribution in [-0.4, -0.2) is 33.4 Å². The van der Waals surface area contributed by atoms with E-state index in [9.17, 15) is 18.0 Å². The minimum absolute atomic E-state index is 0.0287. The molecule has 0 saturated heterocycles. The van der Waals surface area contributed by atoms with Gasteiger partial charge in [-0.15, -0.1) is 6.58 Å². The molecule has 0 aromatic heterocycles. The molecule has 0 aliphatic carbocycles. The maximum absolute atomic E-state index is 12.2. The molecule has 0 heterocycles. The lowest BCUT2D eigenvalue weighted by Crippen LogP contribution is -2.24. The predicted molar refractivity (Wildman–Crippen MR) is 107 cm³/mol. The number of hydrogen-bond donors (Lipinski definition) is 2. The Balaban J connectivity index is 2.01. The van der Waals surface area contributed by atoms with Gasteiger partial charge in [-0.3, -0.25) is 4.79 Å². The highest BCUT2D eigenvalue weighted by Gasteiger charge is 2.17. The van der Waals surface area contributed by atoms with Gasteiger partial charge in [0, 0.05) is 12.2 Å². The van der Waals surface area contributed by atoms with Crippen LogP contribution in [0.1, 0.15) is 21.5 Å². The Morgan fingerprint density at radius 1 is 1.14 bits per heavy atom. The first-order valence-corrected chi connectivity index (χ1v) is 9.96. The largest absolute Gasteiger partial charge is 0.452 e. The number of carbonyl (C=O) groups excluding carboxylic acids is 2. The van der Waals surface area contributed by atoms with Gasteiger partial charge in [-0.05, 0) is 49.2 Å². The Morgan fingerprint density at radius 3 is 2.61 bits per heavy atom. The molecule has 0 bridgehead atoms. The van der Waals surface area contributed by atoms with Gasteiger partial charge < -0.3 is 10.1 Å². The molecule has 0 spiro atoms. The van der Waals surface area contributed by atoms with E-state index in [-0.39, 0.29) is 17.0 Å². The summed E-state index contributed by atoms with van der Waals surface area (Å²) in [7, 11) is -3.77. The summed E-state index contributed by atoms with van der Waals surface area (Å²) in [5.41, 5.74) is 2.54. The first-order chi connectivity index (χ1) is 13.2. The molecule has 0 radical (unpaired) electrons. The average molecular weight is 402 g/mol. The summed E-state index contributed by atoms with van der Waals surface area (Å²) in [5, 5.41) is 2.69. The van der Waals surface area contributed by atoms with Crippen LogP contribution in [0.15, 0.2) is 60.0 Å². The minimum Gasteiger partial charge on any atom is -0.452 e. The monoisotopic (exact) mass is 402 g/mol. The lowest BCUT2D eigenvalue weighted by molar-refractivity contribution is -0.119. The molecule has 0 fully saturated rings. The number of amides is 1. The van der Waals surface area contributed by atoms with Crippen molar-refractivity contribution in [3.8, 4) is 0 Å². The van der Waals surface area contributed by atoms with Crippen LogP contribution in [0.3, 0.4) is 0 Å². The van der Waals surface area contributed by atoms with Gasteiger partial charge >= 0.3 is 5.97 Å². The highest BCUT2D eigenvalue weighted by atomic mass is 32.2. The molecule has 2 N–H and O–H groups in total. The molecule has 8 heteroatoms. The molecule has 0 unspecified atom stereocenters. The van der Waals surface area contributed by atoms with E-state index in [2.05, 4.69) is 16.6 Å². The van der Waals surface area contributed by atoms with Crippen molar-refractivity contribution in [3.63, 3.8) is 0 Å². The number of aryl methyl sites for hydroxylation is 2. The summed E-state index contributed by atoms with van der Waals surface area (Å²) in [5.74, 6) is -1.28. The number of rotatable bonds is 8. The molecular formula is C20H22N2O5S. The Kier molecular flexibility index (Phi) is 7.08. The SMILES string of the molecule is C=CCNS(=O)(=O)c1cccc(C(=O)OCC(=O)Nc2cc(C)ccc2C)c1. The third kappa shape index (κ3) is 5.77. The van der Waals surface area contributed by atoms with Crippen LogP contribution in [0.4, 0.5) is 5.69 Å². The van der Waals surface area contributed by atoms with E-state index in [1.807, 2.05) is 32.0 Å². The highest BCUT2D eigenvalue weighted by molar-refractivity contribution is 7.89. The van der Waals surface area contributed by atoms with E-state index in [4.69, 9.17) is 4.74 Å². The fourth-order valence-electron chi connectivity index (χ4n) is 2.31. The number of benzene rings is 2. The smallest absolute Gasteiger partial charge is 0.338 e. The number of ether oxygens (including phenoxy) is 1. The molecule has 0 atom stereocenters. The summed E-state index contributed by atoms with van der Waals surface area (Å²) in [4.78, 5) is 24.2. The first-order valence-electron chi connectivity index (χ1n) is 8.48. The standard InChI is InChI=1S/C20H22N2O5S/c1-4-10-21-28(25,26)17-7-5-6-16(12-17)20(24)27-13-19(23)22-18-11-14(2)8-9-15(18)3/h4-9,11-12,21H,1,10,13H2,2-3H3,(H,22,23).